The largest absolute Gasteiger partial charge is 0.376 e. The second kappa shape index (κ2) is 11.4. The number of aliphatic imine (C=N–C) groups is 1. The molecule has 4 fully saturated rings. The molecule has 0 radical (unpaired) electrons. The van der Waals surface area contributed by atoms with Crippen LogP contribution in [0.5, 0.6) is 0 Å². The Morgan fingerprint density at radius 3 is 2.50 bits per heavy atom. The highest BCUT2D eigenvalue weighted by molar-refractivity contribution is 7.99. The number of hydrogen-bond donors (Lipinski definition) is 1. The van der Waals surface area contributed by atoms with Crippen molar-refractivity contribution in [2.45, 2.75) is 75.5 Å². The molecule has 0 aromatic rings. The van der Waals surface area contributed by atoms with Crippen LogP contribution in [0.3, 0.4) is 0 Å². The van der Waals surface area contributed by atoms with E-state index in [1.54, 1.807) is 0 Å². The predicted molar refractivity (Wildman–Crippen MR) is 126 cm³/mol. The molecule has 1 aliphatic carbocycles. The lowest BCUT2D eigenvalue weighted by molar-refractivity contribution is -0.0721. The molecule has 0 aromatic heterocycles. The average molecular weight is 439 g/mol. The van der Waals surface area contributed by atoms with E-state index in [0.29, 0.717) is 17.7 Å². The smallest absolute Gasteiger partial charge is 0.193 e. The van der Waals surface area contributed by atoms with Crippen LogP contribution in [0.1, 0.15) is 57.8 Å². The summed E-state index contributed by atoms with van der Waals surface area (Å²) in [5, 5.41) is 3.78. The van der Waals surface area contributed by atoms with Gasteiger partial charge in [0.1, 0.15) is 0 Å². The highest BCUT2D eigenvalue weighted by Crippen LogP contribution is 2.36. The molecule has 1 atom stereocenters. The number of hydrogen-bond acceptors (Lipinski definition) is 5. The van der Waals surface area contributed by atoms with Gasteiger partial charge in [-0.2, -0.15) is 11.8 Å². The van der Waals surface area contributed by atoms with Gasteiger partial charge in [-0.3, -0.25) is 9.89 Å². The zero-order chi connectivity index (χ0) is 20.7. The summed E-state index contributed by atoms with van der Waals surface area (Å²) >= 11 is 2.11. The first kappa shape index (κ1) is 22.7. The second-order valence-corrected chi connectivity index (χ2v) is 10.7. The van der Waals surface area contributed by atoms with Crippen LogP contribution in [0.2, 0.25) is 0 Å². The van der Waals surface area contributed by atoms with Gasteiger partial charge in [0.15, 0.2) is 5.96 Å². The summed E-state index contributed by atoms with van der Waals surface area (Å²) in [4.78, 5) is 9.86. The molecule has 0 amide bonds. The van der Waals surface area contributed by atoms with E-state index in [9.17, 15) is 0 Å². The van der Waals surface area contributed by atoms with Gasteiger partial charge in [-0.25, -0.2) is 0 Å². The zero-order valence-corrected chi connectivity index (χ0v) is 19.8. The number of thioether (sulfide) groups is 1. The molecule has 7 heteroatoms. The lowest BCUT2D eigenvalue weighted by atomic mass is 9.94. The van der Waals surface area contributed by atoms with E-state index in [1.807, 2.05) is 7.05 Å². The first-order valence-corrected chi connectivity index (χ1v) is 13.5. The summed E-state index contributed by atoms with van der Waals surface area (Å²) in [6.07, 6.45) is 11.9. The van der Waals surface area contributed by atoms with Crippen molar-refractivity contribution >= 4 is 17.7 Å². The molecule has 3 aliphatic heterocycles. The molecule has 3 saturated heterocycles. The van der Waals surface area contributed by atoms with Crippen LogP contribution in [0.15, 0.2) is 4.99 Å². The van der Waals surface area contributed by atoms with Gasteiger partial charge < -0.3 is 19.7 Å². The molecule has 4 rings (SSSR count). The number of piperidine rings is 1. The molecular formula is C23H42N4O2S. The van der Waals surface area contributed by atoms with E-state index in [-0.39, 0.29) is 0 Å². The van der Waals surface area contributed by atoms with Gasteiger partial charge in [0.05, 0.1) is 18.8 Å². The molecule has 1 N–H and O–H groups in total. The summed E-state index contributed by atoms with van der Waals surface area (Å²) in [6.45, 7) is 7.28. The Hall–Kier alpha value is -0.500. The summed E-state index contributed by atoms with van der Waals surface area (Å²) in [6, 6.07) is 0. The molecule has 0 spiro atoms. The molecule has 3 heterocycles. The minimum atomic E-state index is 0.321. The maximum absolute atomic E-state index is 6.20. The number of nitrogens with zero attached hydrogens (tertiary/aromatic N) is 3. The van der Waals surface area contributed by atoms with Crippen molar-refractivity contribution in [2.24, 2.45) is 4.99 Å². The third-order valence-corrected chi connectivity index (χ3v) is 8.48. The minimum absolute atomic E-state index is 0.321. The predicted octanol–water partition coefficient (Wildman–Crippen LogP) is 2.97. The second-order valence-electron chi connectivity index (χ2n) is 9.44. The molecular weight excluding hydrogens is 396 g/mol. The van der Waals surface area contributed by atoms with Gasteiger partial charge in [-0.15, -0.1) is 0 Å². The lowest BCUT2D eigenvalue weighted by Crippen LogP contribution is -2.58. The monoisotopic (exact) mass is 438 g/mol. The molecule has 172 valence electrons. The van der Waals surface area contributed by atoms with Crippen LogP contribution in [-0.4, -0.2) is 98.0 Å². The van der Waals surface area contributed by atoms with E-state index in [2.05, 4.69) is 31.9 Å². The van der Waals surface area contributed by atoms with Crippen LogP contribution in [0, 0.1) is 0 Å². The Labute approximate surface area is 187 Å². The molecule has 0 aromatic carbocycles. The van der Waals surface area contributed by atoms with Crippen molar-refractivity contribution in [3.05, 3.63) is 0 Å². The molecule has 0 bridgehead atoms. The van der Waals surface area contributed by atoms with Crippen molar-refractivity contribution in [3.63, 3.8) is 0 Å². The maximum Gasteiger partial charge on any atom is 0.193 e. The van der Waals surface area contributed by atoms with Crippen molar-refractivity contribution in [2.75, 3.05) is 64.5 Å². The molecule has 4 aliphatic rings. The van der Waals surface area contributed by atoms with Crippen molar-refractivity contribution in [3.8, 4) is 0 Å². The summed E-state index contributed by atoms with van der Waals surface area (Å²) in [7, 11) is 1.93. The lowest BCUT2D eigenvalue weighted by Gasteiger charge is -2.44. The van der Waals surface area contributed by atoms with Gasteiger partial charge in [0, 0.05) is 63.4 Å². The molecule has 1 unspecified atom stereocenters. The average Bonchev–Trinajstić information content (AvgIpc) is 3.30. The SMILES string of the molecule is CN=C(NCC1(N2CCSCC2)CCCC1)N1CCC(OCC2CCCCO2)CC1. The first-order chi connectivity index (χ1) is 14.8. The zero-order valence-electron chi connectivity index (χ0n) is 18.9. The fourth-order valence-corrected chi connectivity index (χ4v) is 6.57. The molecule has 1 saturated carbocycles. The van der Waals surface area contributed by atoms with Gasteiger partial charge >= 0.3 is 0 Å². The Balaban J connectivity index is 1.22. The number of nitrogens with one attached hydrogen (secondary N) is 1. The van der Waals surface area contributed by atoms with Crippen LogP contribution in [0.4, 0.5) is 0 Å². The third kappa shape index (κ3) is 5.84. The highest BCUT2D eigenvalue weighted by Gasteiger charge is 2.40. The fraction of sp³-hybridized carbons (Fsp3) is 0.957. The van der Waals surface area contributed by atoms with Gasteiger partial charge in [0.2, 0.25) is 0 Å². The van der Waals surface area contributed by atoms with Crippen molar-refractivity contribution in [1.82, 2.24) is 15.1 Å². The maximum atomic E-state index is 6.20. The Morgan fingerprint density at radius 2 is 1.83 bits per heavy atom. The van der Waals surface area contributed by atoms with Crippen LogP contribution in [-0.2, 0) is 9.47 Å². The summed E-state index contributed by atoms with van der Waals surface area (Å²) < 4.78 is 12.0. The van der Waals surface area contributed by atoms with E-state index in [4.69, 9.17) is 9.47 Å². The number of rotatable bonds is 6. The first-order valence-electron chi connectivity index (χ1n) is 12.3. The third-order valence-electron chi connectivity index (χ3n) is 7.54. The highest BCUT2D eigenvalue weighted by atomic mass is 32.2. The van der Waals surface area contributed by atoms with Gasteiger partial charge in [0.25, 0.3) is 0 Å². The van der Waals surface area contributed by atoms with Crippen LogP contribution >= 0.6 is 11.8 Å². The van der Waals surface area contributed by atoms with Crippen molar-refractivity contribution < 1.29 is 9.47 Å². The summed E-state index contributed by atoms with van der Waals surface area (Å²) in [5.41, 5.74) is 0.346. The van der Waals surface area contributed by atoms with Crippen LogP contribution in [0.25, 0.3) is 0 Å². The normalized spacial score (nSPS) is 29.3. The van der Waals surface area contributed by atoms with Crippen LogP contribution < -0.4 is 5.32 Å². The number of guanidine groups is 1. The van der Waals surface area contributed by atoms with Gasteiger partial charge in [-0.05, 0) is 44.9 Å². The van der Waals surface area contributed by atoms with E-state index >= 15 is 0 Å². The standard InChI is InChI=1S/C23H42N4O2S/c1-24-22(25-19-23(9-3-4-10-23)27-13-16-30-17-14-27)26-11-7-20(8-12-26)29-18-21-6-2-5-15-28-21/h20-21H,2-19H2,1H3,(H,24,25). The number of likely N-dealkylation sites (tertiary alicyclic amines) is 1. The summed E-state index contributed by atoms with van der Waals surface area (Å²) in [5.74, 6) is 3.66. The fourth-order valence-electron chi connectivity index (χ4n) is 5.67. The minimum Gasteiger partial charge on any atom is -0.376 e. The molecule has 30 heavy (non-hydrogen) atoms. The topological polar surface area (TPSA) is 49.3 Å². The Bertz CT molecular complexity index is 535. The quantitative estimate of drug-likeness (QED) is 0.508. The Morgan fingerprint density at radius 1 is 1.07 bits per heavy atom. The van der Waals surface area contributed by atoms with E-state index in [1.165, 1.54) is 63.1 Å². The van der Waals surface area contributed by atoms with E-state index < -0.39 is 0 Å². The number of ether oxygens (including phenoxy) is 2. The van der Waals surface area contributed by atoms with E-state index in [0.717, 1.165) is 58.1 Å². The van der Waals surface area contributed by atoms with Gasteiger partial charge in [-0.1, -0.05) is 12.8 Å². The Kier molecular flexibility index (Phi) is 8.61. The molecule has 6 nitrogen and oxygen atoms in total. The van der Waals surface area contributed by atoms with Crippen molar-refractivity contribution in [1.29, 1.82) is 0 Å².